The van der Waals surface area contributed by atoms with Crippen LogP contribution < -0.4 is 10.9 Å². The molecule has 0 saturated carbocycles. The van der Waals surface area contributed by atoms with E-state index >= 15 is 0 Å². The lowest BCUT2D eigenvalue weighted by Crippen LogP contribution is -2.26. The quantitative estimate of drug-likeness (QED) is 0.580. The number of nitrogens with zero attached hydrogens (tertiary/aromatic N) is 1. The zero-order valence-corrected chi connectivity index (χ0v) is 8.22. The predicted octanol–water partition coefficient (Wildman–Crippen LogP) is -0.913. The molecule has 0 saturated heterocycles. The third-order valence-corrected chi connectivity index (χ3v) is 1.82. The number of aromatic nitrogens is 1. The minimum atomic E-state index is 0. The van der Waals surface area contributed by atoms with Gasteiger partial charge in [-0.05, 0) is 6.07 Å². The van der Waals surface area contributed by atoms with Crippen molar-refractivity contribution in [2.45, 2.75) is 0 Å². The summed E-state index contributed by atoms with van der Waals surface area (Å²) in [7, 11) is 2.10. The first-order valence-corrected chi connectivity index (χ1v) is 4.25. The summed E-state index contributed by atoms with van der Waals surface area (Å²) in [5.41, 5.74) is 2.34. The van der Waals surface area contributed by atoms with Crippen molar-refractivity contribution in [1.82, 2.24) is 4.98 Å². The van der Waals surface area contributed by atoms with Crippen molar-refractivity contribution in [3.8, 4) is 0 Å². The Kier molecular flexibility index (Phi) is 6.02. The average molecular weight is 202 g/mol. The fraction of sp³-hybridized carbons (Fsp3) is 0. The van der Waals surface area contributed by atoms with E-state index in [1.807, 2.05) is 36.5 Å². The van der Waals surface area contributed by atoms with Gasteiger partial charge in [-0.2, -0.15) is 0 Å². The van der Waals surface area contributed by atoms with Gasteiger partial charge < -0.3 is 11.0 Å². The van der Waals surface area contributed by atoms with Crippen molar-refractivity contribution in [1.29, 1.82) is 0 Å². The third-order valence-electron chi connectivity index (χ3n) is 1.82. The average Bonchev–Trinajstić information content (AvgIpc) is 2.21. The van der Waals surface area contributed by atoms with E-state index < -0.39 is 0 Å². The van der Waals surface area contributed by atoms with E-state index in [0.29, 0.717) is 0 Å². The molecule has 1 aromatic heterocycles. The van der Waals surface area contributed by atoms with E-state index in [0.717, 1.165) is 5.46 Å². The Morgan fingerprint density at radius 1 is 0.800 bits per heavy atom. The fourth-order valence-electron chi connectivity index (χ4n) is 1.20. The number of pyridine rings is 1. The molecule has 4 N–H and O–H groups in total. The second kappa shape index (κ2) is 6.76. The maximum absolute atomic E-state index is 4.05. The summed E-state index contributed by atoms with van der Waals surface area (Å²) >= 11 is 0. The molecule has 1 aromatic carbocycles. The van der Waals surface area contributed by atoms with Crippen molar-refractivity contribution >= 4 is 18.2 Å². The molecule has 77 valence electrons. The van der Waals surface area contributed by atoms with E-state index in [4.69, 9.17) is 0 Å². The second-order valence-electron chi connectivity index (χ2n) is 2.84. The van der Waals surface area contributed by atoms with Gasteiger partial charge in [0.05, 0.1) is 0 Å². The van der Waals surface area contributed by atoms with Crippen LogP contribution in [0.15, 0.2) is 54.9 Å². The Bertz CT molecular complexity index is 329. The highest BCUT2D eigenvalue weighted by Crippen LogP contribution is 1.82. The summed E-state index contributed by atoms with van der Waals surface area (Å²) in [6.07, 6.45) is 3.63. The van der Waals surface area contributed by atoms with E-state index in [1.165, 1.54) is 5.46 Å². The van der Waals surface area contributed by atoms with Gasteiger partial charge in [-0.1, -0.05) is 47.3 Å². The Balaban J connectivity index is 0.000000980. The zero-order chi connectivity index (χ0) is 8.93. The lowest BCUT2D eigenvalue weighted by Gasteiger charge is -1.97. The van der Waals surface area contributed by atoms with Crippen molar-refractivity contribution in [3.63, 3.8) is 0 Å². The van der Waals surface area contributed by atoms with Crippen LogP contribution in [0, 0.1) is 0 Å². The van der Waals surface area contributed by atoms with Crippen LogP contribution in [-0.2, 0) is 0 Å². The molecule has 1 heterocycles. The molecule has 0 unspecified atom stereocenters. The topological polar surface area (TPSA) is 75.9 Å². The summed E-state index contributed by atoms with van der Waals surface area (Å²) in [6, 6.07) is 14.2. The van der Waals surface area contributed by atoms with E-state index in [1.54, 1.807) is 6.20 Å². The van der Waals surface area contributed by atoms with Crippen molar-refractivity contribution in [2.24, 2.45) is 0 Å². The first-order valence-electron chi connectivity index (χ1n) is 4.25. The maximum atomic E-state index is 4.05. The summed E-state index contributed by atoms with van der Waals surface area (Å²) < 4.78 is 0. The molecule has 0 aliphatic carbocycles. The standard InChI is InChI=1S/C11H9BN.2H2O/c1-2-5-10(6-3-1)12-11-7-4-8-13-9-11;;/h1-9H;2*1H2. The van der Waals surface area contributed by atoms with Crippen molar-refractivity contribution in [3.05, 3.63) is 54.9 Å². The highest BCUT2D eigenvalue weighted by molar-refractivity contribution is 6.67. The molecule has 0 bridgehead atoms. The van der Waals surface area contributed by atoms with Crippen LogP contribution in [0.2, 0.25) is 0 Å². The highest BCUT2D eigenvalue weighted by atomic mass is 16.0. The summed E-state index contributed by atoms with van der Waals surface area (Å²) in [5.74, 6) is 0. The molecule has 2 aromatic rings. The van der Waals surface area contributed by atoms with E-state index in [-0.39, 0.29) is 11.0 Å². The summed E-state index contributed by atoms with van der Waals surface area (Å²) in [4.78, 5) is 4.05. The summed E-state index contributed by atoms with van der Waals surface area (Å²) in [5, 5.41) is 0. The molecular formula is C11H13BNO2. The number of rotatable bonds is 2. The summed E-state index contributed by atoms with van der Waals surface area (Å²) in [6.45, 7) is 0. The third kappa shape index (κ3) is 3.93. The van der Waals surface area contributed by atoms with Crippen LogP contribution in [-0.4, -0.2) is 23.2 Å². The lowest BCUT2D eigenvalue weighted by atomic mass is 9.65. The molecule has 0 aliphatic heterocycles. The highest BCUT2D eigenvalue weighted by Gasteiger charge is 1.96. The Morgan fingerprint density at radius 2 is 1.47 bits per heavy atom. The Morgan fingerprint density at radius 3 is 2.07 bits per heavy atom. The normalized spacial score (nSPS) is 8.27. The predicted molar refractivity (Wildman–Crippen MR) is 62.9 cm³/mol. The largest absolute Gasteiger partial charge is 0.412 e. The Hall–Kier alpha value is -1.65. The van der Waals surface area contributed by atoms with E-state index in [9.17, 15) is 0 Å². The fourth-order valence-corrected chi connectivity index (χ4v) is 1.20. The van der Waals surface area contributed by atoms with Crippen molar-refractivity contribution < 1.29 is 11.0 Å². The van der Waals surface area contributed by atoms with Gasteiger partial charge in [-0.3, -0.25) is 4.98 Å². The van der Waals surface area contributed by atoms with Gasteiger partial charge in [0, 0.05) is 12.4 Å². The molecule has 0 spiro atoms. The minimum Gasteiger partial charge on any atom is -0.412 e. The molecule has 0 aliphatic rings. The van der Waals surface area contributed by atoms with Crippen LogP contribution in [0.25, 0.3) is 0 Å². The van der Waals surface area contributed by atoms with Gasteiger partial charge >= 0.3 is 0 Å². The van der Waals surface area contributed by atoms with Crippen molar-refractivity contribution in [2.75, 3.05) is 0 Å². The first kappa shape index (κ1) is 13.4. The monoisotopic (exact) mass is 202 g/mol. The molecule has 3 nitrogen and oxygen atoms in total. The maximum Gasteiger partial charge on any atom is 0.193 e. The van der Waals surface area contributed by atoms with Gasteiger partial charge in [-0.25, -0.2) is 0 Å². The molecule has 0 amide bonds. The molecule has 0 fully saturated rings. The molecule has 15 heavy (non-hydrogen) atoms. The van der Waals surface area contributed by atoms with Crippen LogP contribution in [0.3, 0.4) is 0 Å². The second-order valence-corrected chi connectivity index (χ2v) is 2.84. The number of hydrogen-bond donors (Lipinski definition) is 0. The van der Waals surface area contributed by atoms with Crippen LogP contribution in [0.4, 0.5) is 0 Å². The SMILES string of the molecule is O.O.[B](c1ccccc1)c1cccnc1. The van der Waals surface area contributed by atoms with Crippen LogP contribution in [0.5, 0.6) is 0 Å². The molecule has 4 heteroatoms. The zero-order valence-electron chi connectivity index (χ0n) is 8.22. The van der Waals surface area contributed by atoms with Gasteiger partial charge in [0.15, 0.2) is 7.28 Å². The van der Waals surface area contributed by atoms with Crippen LogP contribution >= 0.6 is 0 Å². The smallest absolute Gasteiger partial charge is 0.193 e. The molecule has 2 rings (SSSR count). The molecule has 0 atom stereocenters. The van der Waals surface area contributed by atoms with Gasteiger partial charge in [0.25, 0.3) is 0 Å². The molecular weight excluding hydrogens is 189 g/mol. The van der Waals surface area contributed by atoms with Crippen LogP contribution in [0.1, 0.15) is 0 Å². The number of hydrogen-bond acceptors (Lipinski definition) is 1. The first-order chi connectivity index (χ1) is 6.45. The van der Waals surface area contributed by atoms with Gasteiger partial charge in [-0.15, -0.1) is 0 Å². The Labute approximate surface area is 89.7 Å². The van der Waals surface area contributed by atoms with Gasteiger partial charge in [0.2, 0.25) is 0 Å². The van der Waals surface area contributed by atoms with Gasteiger partial charge in [0.1, 0.15) is 0 Å². The minimum absolute atomic E-state index is 0. The number of benzene rings is 1. The van der Waals surface area contributed by atoms with E-state index in [2.05, 4.69) is 24.4 Å². The molecule has 1 radical (unpaired) electrons. The lowest BCUT2D eigenvalue weighted by molar-refractivity contribution is 0.823.